The first kappa shape index (κ1) is 21.8. The maximum Gasteiger partial charge on any atom is 0.222 e. The fourth-order valence-electron chi connectivity index (χ4n) is 4.27. The number of benzene rings is 1. The number of anilines is 1. The van der Waals surface area contributed by atoms with E-state index in [1.54, 1.807) is 13.3 Å². The largest absolute Gasteiger partial charge is 0.497 e. The summed E-state index contributed by atoms with van der Waals surface area (Å²) < 4.78 is 5.19. The molecule has 1 aliphatic heterocycles. The van der Waals surface area contributed by atoms with Gasteiger partial charge in [0.05, 0.1) is 7.11 Å². The fourth-order valence-corrected chi connectivity index (χ4v) is 4.27. The highest BCUT2D eigenvalue weighted by Crippen LogP contribution is 2.30. The van der Waals surface area contributed by atoms with E-state index >= 15 is 0 Å². The number of nitrogens with zero attached hydrogens (tertiary/aromatic N) is 3. The van der Waals surface area contributed by atoms with Gasteiger partial charge in [-0.3, -0.25) is 9.78 Å². The van der Waals surface area contributed by atoms with Gasteiger partial charge in [0.1, 0.15) is 11.6 Å². The first-order valence-electron chi connectivity index (χ1n) is 11.1. The minimum Gasteiger partial charge on any atom is -0.497 e. The summed E-state index contributed by atoms with van der Waals surface area (Å²) >= 11 is 0. The van der Waals surface area contributed by atoms with Crippen LogP contribution in [0.3, 0.4) is 0 Å². The monoisotopic (exact) mass is 430 g/mol. The SMILES string of the molecule is COc1ccc(CCC(=O)N2CCC(c3cc(-c4ccc(N)nc4)cc(C)n3)CC2)cc1. The van der Waals surface area contributed by atoms with Crippen molar-refractivity contribution in [3.8, 4) is 16.9 Å². The summed E-state index contributed by atoms with van der Waals surface area (Å²) in [5, 5.41) is 0. The van der Waals surface area contributed by atoms with Crippen molar-refractivity contribution in [2.24, 2.45) is 0 Å². The molecule has 1 saturated heterocycles. The third-order valence-electron chi connectivity index (χ3n) is 6.15. The van der Waals surface area contributed by atoms with Crippen LogP contribution in [0.25, 0.3) is 11.1 Å². The summed E-state index contributed by atoms with van der Waals surface area (Å²) in [7, 11) is 1.66. The molecule has 0 atom stereocenters. The number of carbonyl (C=O) groups is 1. The molecule has 6 nitrogen and oxygen atoms in total. The third kappa shape index (κ3) is 5.25. The lowest BCUT2D eigenvalue weighted by Gasteiger charge is -2.32. The van der Waals surface area contributed by atoms with E-state index < -0.39 is 0 Å². The van der Waals surface area contributed by atoms with Gasteiger partial charge in [-0.25, -0.2) is 4.98 Å². The maximum absolute atomic E-state index is 12.7. The number of amides is 1. The van der Waals surface area contributed by atoms with Gasteiger partial charge in [-0.2, -0.15) is 0 Å². The second-order valence-corrected chi connectivity index (χ2v) is 8.40. The van der Waals surface area contributed by atoms with E-state index in [0.717, 1.165) is 66.2 Å². The average molecular weight is 431 g/mol. The molecule has 4 rings (SSSR count). The number of aromatic nitrogens is 2. The normalized spacial score (nSPS) is 14.4. The topological polar surface area (TPSA) is 81.3 Å². The molecule has 6 heteroatoms. The highest BCUT2D eigenvalue weighted by atomic mass is 16.5. The van der Waals surface area contributed by atoms with Gasteiger partial charge in [-0.1, -0.05) is 12.1 Å². The second kappa shape index (κ2) is 9.81. The highest BCUT2D eigenvalue weighted by Gasteiger charge is 2.25. The summed E-state index contributed by atoms with van der Waals surface area (Å²) in [6.45, 7) is 3.58. The predicted octanol–water partition coefficient (Wildman–Crippen LogP) is 4.38. The van der Waals surface area contributed by atoms with E-state index in [9.17, 15) is 4.79 Å². The van der Waals surface area contributed by atoms with Crippen LogP contribution in [0.4, 0.5) is 5.82 Å². The summed E-state index contributed by atoms with van der Waals surface area (Å²) in [5.74, 6) is 1.94. The molecule has 1 fully saturated rings. The fraction of sp³-hybridized carbons (Fsp3) is 0.346. The van der Waals surface area contributed by atoms with Crippen molar-refractivity contribution >= 4 is 11.7 Å². The van der Waals surface area contributed by atoms with E-state index in [0.29, 0.717) is 18.2 Å². The number of nitrogen functional groups attached to an aromatic ring is 1. The Morgan fingerprint density at radius 3 is 2.50 bits per heavy atom. The van der Waals surface area contributed by atoms with Crippen LogP contribution in [-0.4, -0.2) is 41.0 Å². The first-order valence-corrected chi connectivity index (χ1v) is 11.1. The number of carbonyl (C=O) groups excluding carboxylic acids is 1. The van der Waals surface area contributed by atoms with Crippen LogP contribution >= 0.6 is 0 Å². The predicted molar refractivity (Wildman–Crippen MR) is 126 cm³/mol. The number of rotatable bonds is 6. The molecule has 0 aliphatic carbocycles. The molecule has 2 aromatic heterocycles. The number of hydrogen-bond acceptors (Lipinski definition) is 5. The molecule has 0 bridgehead atoms. The number of methoxy groups -OCH3 is 1. The lowest BCUT2D eigenvalue weighted by atomic mass is 9.91. The van der Waals surface area contributed by atoms with E-state index in [-0.39, 0.29) is 5.91 Å². The van der Waals surface area contributed by atoms with Crippen LogP contribution in [0, 0.1) is 6.92 Å². The number of ether oxygens (including phenoxy) is 1. The second-order valence-electron chi connectivity index (χ2n) is 8.40. The van der Waals surface area contributed by atoms with Gasteiger partial charge < -0.3 is 15.4 Å². The van der Waals surface area contributed by atoms with Crippen LogP contribution in [0.1, 0.15) is 42.1 Å². The molecular formula is C26H30N4O2. The number of nitrogens with two attached hydrogens (primary N) is 1. The van der Waals surface area contributed by atoms with Gasteiger partial charge in [0.15, 0.2) is 0 Å². The van der Waals surface area contributed by atoms with Crippen LogP contribution in [0.15, 0.2) is 54.7 Å². The maximum atomic E-state index is 12.7. The van der Waals surface area contributed by atoms with Crippen LogP contribution < -0.4 is 10.5 Å². The smallest absolute Gasteiger partial charge is 0.222 e. The Balaban J connectivity index is 1.34. The van der Waals surface area contributed by atoms with Crippen molar-refractivity contribution in [3.05, 3.63) is 71.7 Å². The van der Waals surface area contributed by atoms with Crippen molar-refractivity contribution in [2.75, 3.05) is 25.9 Å². The summed E-state index contributed by atoms with van der Waals surface area (Å²) in [5.41, 5.74) is 11.1. The summed E-state index contributed by atoms with van der Waals surface area (Å²) in [6, 6.07) is 16.0. The Morgan fingerprint density at radius 2 is 1.84 bits per heavy atom. The Labute approximate surface area is 189 Å². The van der Waals surface area contributed by atoms with E-state index in [4.69, 9.17) is 15.5 Å². The molecule has 0 unspecified atom stereocenters. The summed E-state index contributed by atoms with van der Waals surface area (Å²) in [6.07, 6.45) is 4.96. The van der Waals surface area contributed by atoms with Crippen LogP contribution in [0.2, 0.25) is 0 Å². The number of aryl methyl sites for hydroxylation is 2. The molecule has 0 radical (unpaired) electrons. The molecule has 166 valence electrons. The molecular weight excluding hydrogens is 400 g/mol. The quantitative estimate of drug-likeness (QED) is 0.628. The van der Waals surface area contributed by atoms with Crippen molar-refractivity contribution in [2.45, 2.75) is 38.5 Å². The van der Waals surface area contributed by atoms with Crippen molar-refractivity contribution in [1.82, 2.24) is 14.9 Å². The molecule has 2 N–H and O–H groups in total. The zero-order valence-electron chi connectivity index (χ0n) is 18.8. The third-order valence-corrected chi connectivity index (χ3v) is 6.15. The molecule has 1 aromatic carbocycles. The molecule has 0 saturated carbocycles. The molecule has 0 spiro atoms. The van der Waals surface area contributed by atoms with Crippen molar-refractivity contribution in [1.29, 1.82) is 0 Å². The van der Waals surface area contributed by atoms with E-state index in [2.05, 4.69) is 17.1 Å². The Hall–Kier alpha value is -3.41. The summed E-state index contributed by atoms with van der Waals surface area (Å²) in [4.78, 5) is 23.7. The van der Waals surface area contributed by atoms with Crippen LogP contribution in [-0.2, 0) is 11.2 Å². The number of pyridine rings is 2. The van der Waals surface area contributed by atoms with Crippen LogP contribution in [0.5, 0.6) is 5.75 Å². The van der Waals surface area contributed by atoms with Gasteiger partial charge in [0.2, 0.25) is 5.91 Å². The molecule has 1 amide bonds. The minimum absolute atomic E-state index is 0.227. The lowest BCUT2D eigenvalue weighted by molar-refractivity contribution is -0.132. The number of likely N-dealkylation sites (tertiary alicyclic amines) is 1. The zero-order valence-corrected chi connectivity index (χ0v) is 18.8. The van der Waals surface area contributed by atoms with Crippen molar-refractivity contribution in [3.63, 3.8) is 0 Å². The molecule has 3 aromatic rings. The first-order chi connectivity index (χ1) is 15.5. The van der Waals surface area contributed by atoms with Gasteiger partial charge in [-0.05, 0) is 73.7 Å². The molecule has 3 heterocycles. The van der Waals surface area contributed by atoms with Gasteiger partial charge in [-0.15, -0.1) is 0 Å². The average Bonchev–Trinajstić information content (AvgIpc) is 2.83. The molecule has 32 heavy (non-hydrogen) atoms. The minimum atomic E-state index is 0.227. The molecule has 1 aliphatic rings. The lowest BCUT2D eigenvalue weighted by Crippen LogP contribution is -2.38. The Morgan fingerprint density at radius 1 is 1.09 bits per heavy atom. The van der Waals surface area contributed by atoms with Gasteiger partial charge in [0.25, 0.3) is 0 Å². The Kier molecular flexibility index (Phi) is 6.69. The van der Waals surface area contributed by atoms with E-state index in [1.807, 2.05) is 48.2 Å². The number of hydrogen-bond donors (Lipinski definition) is 1. The zero-order chi connectivity index (χ0) is 22.5. The number of piperidine rings is 1. The standard InChI is InChI=1S/C26H30N4O2/c1-18-15-22(21-6-9-25(27)28-17-21)16-24(29-18)20-11-13-30(14-12-20)26(31)10-5-19-3-7-23(32-2)8-4-19/h3-4,6-9,15-17,20H,5,10-14H2,1-2H3,(H2,27,28). The van der Waals surface area contributed by atoms with Gasteiger partial charge in [0, 0.05) is 48.6 Å². The highest BCUT2D eigenvalue weighted by molar-refractivity contribution is 5.76. The van der Waals surface area contributed by atoms with Crippen molar-refractivity contribution < 1.29 is 9.53 Å². The Bertz CT molecular complexity index is 1060. The van der Waals surface area contributed by atoms with E-state index in [1.165, 1.54) is 0 Å². The van der Waals surface area contributed by atoms with Gasteiger partial charge >= 0.3 is 0 Å².